The molecule has 0 heterocycles. The average Bonchev–Trinajstić information content (AvgIpc) is 3.19. The number of benzene rings is 11. The molecule has 0 unspecified atom stereocenters. The monoisotopic (exact) mass is 630 g/mol. The Hall–Kier alpha value is -6.50. The van der Waals surface area contributed by atoms with Gasteiger partial charge in [-0.1, -0.05) is 170 Å². The van der Waals surface area contributed by atoms with Crippen LogP contribution in [0.2, 0.25) is 0 Å². The van der Waals surface area contributed by atoms with Crippen molar-refractivity contribution in [3.63, 3.8) is 0 Å². The van der Waals surface area contributed by atoms with Crippen LogP contribution in [-0.4, -0.2) is 0 Å². The van der Waals surface area contributed by atoms with E-state index in [9.17, 15) is 0 Å². The highest BCUT2D eigenvalue weighted by Gasteiger charge is 2.21. The third-order valence-corrected chi connectivity index (χ3v) is 10.9. The van der Waals surface area contributed by atoms with Crippen molar-refractivity contribution >= 4 is 75.4 Å². The van der Waals surface area contributed by atoms with Crippen molar-refractivity contribution in [2.75, 3.05) is 0 Å². The molecule has 0 saturated heterocycles. The normalized spacial score (nSPS) is 12.0. The van der Waals surface area contributed by atoms with Crippen LogP contribution in [0, 0.1) is 0 Å². The summed E-state index contributed by atoms with van der Waals surface area (Å²) in [6, 6.07) is 67.7. The first-order valence-corrected chi connectivity index (χ1v) is 17.4. The molecule has 0 heteroatoms. The van der Waals surface area contributed by atoms with Crippen LogP contribution >= 0.6 is 0 Å². The van der Waals surface area contributed by atoms with Crippen molar-refractivity contribution in [2.24, 2.45) is 0 Å². The van der Waals surface area contributed by atoms with Gasteiger partial charge in [0.05, 0.1) is 0 Å². The molecular weight excluding hydrogens is 601 g/mol. The van der Waals surface area contributed by atoms with E-state index in [0.717, 1.165) is 0 Å². The van der Waals surface area contributed by atoms with Crippen molar-refractivity contribution in [3.05, 3.63) is 182 Å². The second kappa shape index (κ2) is 10.5. The summed E-state index contributed by atoms with van der Waals surface area (Å²) in [4.78, 5) is 0. The van der Waals surface area contributed by atoms with Crippen molar-refractivity contribution in [2.45, 2.75) is 0 Å². The van der Waals surface area contributed by atoms with Crippen LogP contribution in [-0.2, 0) is 0 Å². The Kier molecular flexibility index (Phi) is 5.76. The van der Waals surface area contributed by atoms with Crippen LogP contribution in [0.4, 0.5) is 0 Å². The zero-order chi connectivity index (χ0) is 32.8. The smallest absolute Gasteiger partial charge is 0.00139 e. The van der Waals surface area contributed by atoms with Gasteiger partial charge in [0, 0.05) is 0 Å². The summed E-state index contributed by atoms with van der Waals surface area (Å²) >= 11 is 0. The average molecular weight is 631 g/mol. The van der Waals surface area contributed by atoms with Crippen molar-refractivity contribution in [1.82, 2.24) is 0 Å². The Morgan fingerprint density at radius 3 is 1.56 bits per heavy atom. The molecule has 0 spiro atoms. The molecule has 0 radical (unpaired) electrons. The first kappa shape index (κ1) is 27.5. The Morgan fingerprint density at radius 1 is 0.220 bits per heavy atom. The molecule has 0 amide bonds. The van der Waals surface area contributed by atoms with Crippen molar-refractivity contribution in [3.8, 4) is 33.4 Å². The van der Waals surface area contributed by atoms with Crippen molar-refractivity contribution < 1.29 is 0 Å². The van der Waals surface area contributed by atoms with E-state index in [-0.39, 0.29) is 0 Å². The molecule has 0 aliphatic heterocycles. The first-order valence-electron chi connectivity index (χ1n) is 17.4. The van der Waals surface area contributed by atoms with Crippen LogP contribution in [0.3, 0.4) is 0 Å². The van der Waals surface area contributed by atoms with Crippen molar-refractivity contribution in [1.29, 1.82) is 0 Å². The van der Waals surface area contributed by atoms with Gasteiger partial charge in [0.25, 0.3) is 0 Å². The first-order chi connectivity index (χ1) is 24.8. The summed E-state index contributed by atoms with van der Waals surface area (Å²) in [7, 11) is 0. The number of hydrogen-bond acceptors (Lipinski definition) is 0. The van der Waals surface area contributed by atoms with Gasteiger partial charge in [-0.05, 0) is 121 Å². The molecule has 0 bridgehead atoms. The molecular formula is C50H30. The van der Waals surface area contributed by atoms with E-state index >= 15 is 0 Å². The van der Waals surface area contributed by atoms with Gasteiger partial charge in [-0.25, -0.2) is 0 Å². The van der Waals surface area contributed by atoms with Gasteiger partial charge in [-0.2, -0.15) is 0 Å². The Balaban J connectivity index is 1.25. The number of hydrogen-bond donors (Lipinski definition) is 0. The molecule has 0 saturated carbocycles. The van der Waals surface area contributed by atoms with Crippen LogP contribution in [0.5, 0.6) is 0 Å². The molecule has 0 fully saturated rings. The molecule has 11 aromatic rings. The lowest BCUT2D eigenvalue weighted by Crippen LogP contribution is -1.94. The lowest BCUT2D eigenvalue weighted by molar-refractivity contribution is 1.64. The van der Waals surface area contributed by atoms with Crippen LogP contribution in [0.15, 0.2) is 182 Å². The molecule has 230 valence electrons. The molecule has 0 aromatic heterocycles. The third-order valence-electron chi connectivity index (χ3n) is 10.9. The van der Waals surface area contributed by atoms with E-state index in [2.05, 4.69) is 182 Å². The highest BCUT2D eigenvalue weighted by Crippen LogP contribution is 2.49. The van der Waals surface area contributed by atoms with Gasteiger partial charge in [-0.3, -0.25) is 0 Å². The highest BCUT2D eigenvalue weighted by atomic mass is 14.2. The van der Waals surface area contributed by atoms with Gasteiger partial charge < -0.3 is 0 Å². The molecule has 0 aliphatic carbocycles. The van der Waals surface area contributed by atoms with Crippen LogP contribution in [0.1, 0.15) is 0 Å². The summed E-state index contributed by atoms with van der Waals surface area (Å²) in [6.07, 6.45) is 0. The van der Waals surface area contributed by atoms with E-state index in [1.165, 1.54) is 109 Å². The van der Waals surface area contributed by atoms with E-state index in [1.807, 2.05) is 0 Å². The lowest BCUT2D eigenvalue weighted by atomic mass is 9.81. The summed E-state index contributed by atoms with van der Waals surface area (Å²) in [5, 5.41) is 18.1. The largest absolute Gasteiger partial charge is 0.0622 e. The maximum atomic E-state index is 2.39. The summed E-state index contributed by atoms with van der Waals surface area (Å²) in [5.41, 5.74) is 7.60. The molecule has 0 N–H and O–H groups in total. The van der Waals surface area contributed by atoms with Gasteiger partial charge in [0.2, 0.25) is 0 Å². The number of fused-ring (bicyclic) bond motifs is 5. The summed E-state index contributed by atoms with van der Waals surface area (Å²) < 4.78 is 0. The molecule has 50 heavy (non-hydrogen) atoms. The van der Waals surface area contributed by atoms with Gasteiger partial charge >= 0.3 is 0 Å². The van der Waals surface area contributed by atoms with Crippen LogP contribution < -0.4 is 0 Å². The minimum absolute atomic E-state index is 1.24. The fourth-order valence-electron chi connectivity index (χ4n) is 8.70. The van der Waals surface area contributed by atoms with E-state index in [0.29, 0.717) is 0 Å². The lowest BCUT2D eigenvalue weighted by Gasteiger charge is -2.21. The fourth-order valence-corrected chi connectivity index (χ4v) is 8.70. The highest BCUT2D eigenvalue weighted by molar-refractivity contribution is 6.32. The Labute approximate surface area is 289 Å². The third kappa shape index (κ3) is 3.94. The fraction of sp³-hybridized carbons (Fsp3) is 0. The summed E-state index contributed by atoms with van der Waals surface area (Å²) in [6.45, 7) is 0. The maximum Gasteiger partial charge on any atom is -0.00139 e. The second-order valence-corrected chi connectivity index (χ2v) is 13.6. The van der Waals surface area contributed by atoms with Crippen LogP contribution in [0.25, 0.3) is 109 Å². The van der Waals surface area contributed by atoms with Gasteiger partial charge in [0.15, 0.2) is 0 Å². The molecule has 0 nitrogen and oxygen atoms in total. The second-order valence-electron chi connectivity index (χ2n) is 13.6. The molecule has 0 aliphatic rings. The topological polar surface area (TPSA) is 0 Å². The zero-order valence-corrected chi connectivity index (χ0v) is 27.3. The Bertz CT molecular complexity index is 3110. The van der Waals surface area contributed by atoms with E-state index in [4.69, 9.17) is 0 Å². The molecule has 11 aromatic carbocycles. The number of rotatable bonds is 3. The van der Waals surface area contributed by atoms with E-state index < -0.39 is 0 Å². The van der Waals surface area contributed by atoms with Gasteiger partial charge in [0.1, 0.15) is 0 Å². The van der Waals surface area contributed by atoms with Gasteiger partial charge in [-0.15, -0.1) is 0 Å². The summed E-state index contributed by atoms with van der Waals surface area (Å²) in [5.74, 6) is 0. The predicted molar refractivity (Wildman–Crippen MR) is 216 cm³/mol. The zero-order valence-electron chi connectivity index (χ0n) is 27.3. The quantitative estimate of drug-likeness (QED) is 0.135. The maximum absolute atomic E-state index is 2.39. The van der Waals surface area contributed by atoms with E-state index in [1.54, 1.807) is 0 Å². The predicted octanol–water partition coefficient (Wildman–Crippen LogP) is 14.2. The molecule has 11 rings (SSSR count). The SMILES string of the molecule is c1ccc(-c2ccc3cc(-c4c5ccccc5c(-c5ccc6ccc7cccc8ccc5c6c78)c5c4ccc4ccccc45)ccc3c2)cc1. The minimum atomic E-state index is 1.24. The minimum Gasteiger partial charge on any atom is -0.0622 e. The Morgan fingerprint density at radius 2 is 0.760 bits per heavy atom. The molecule has 0 atom stereocenters. The standard InChI is InChI=1S/C50H30/c1-2-9-31(10-3-1)36-19-20-38-30-39(22-21-37(38)29-36)47-41-15-6-7-16-42(41)50(49-40-14-5-4-11-32(40)23-28-45(47)49)44-27-25-35-18-17-33-12-8-13-34-24-26-43(44)48(35)46(33)34/h1-30H.